The number of H-pyrrole nitrogens is 1. The highest BCUT2D eigenvalue weighted by Crippen LogP contribution is 2.20. The lowest BCUT2D eigenvalue weighted by atomic mass is 10.2. The van der Waals surface area contributed by atoms with Crippen molar-refractivity contribution in [3.05, 3.63) is 85.5 Å². The monoisotopic (exact) mass is 341 g/mol. The largest absolute Gasteiger partial charge is 0.345 e. The fraction of sp³-hybridized carbons (Fsp3) is 0.0952. The molecule has 2 aromatic heterocycles. The van der Waals surface area contributed by atoms with E-state index in [0.717, 1.165) is 22.8 Å². The van der Waals surface area contributed by atoms with Crippen LogP contribution >= 0.6 is 0 Å². The van der Waals surface area contributed by atoms with Gasteiger partial charge in [-0.05, 0) is 6.92 Å². The van der Waals surface area contributed by atoms with Gasteiger partial charge < -0.3 is 9.55 Å². The molecule has 4 rings (SSSR count). The van der Waals surface area contributed by atoms with Crippen LogP contribution in [-0.2, 0) is 0 Å². The highest BCUT2D eigenvalue weighted by Gasteiger charge is 2.09. The predicted octanol–water partition coefficient (Wildman–Crippen LogP) is 4.71. The molecule has 0 aliphatic heterocycles. The Morgan fingerprint density at radius 2 is 1.58 bits per heavy atom. The molecule has 2 aromatic carbocycles. The predicted molar refractivity (Wildman–Crippen MR) is 102 cm³/mol. The van der Waals surface area contributed by atoms with E-state index in [-0.39, 0.29) is 6.04 Å². The molecule has 26 heavy (non-hydrogen) atoms. The summed E-state index contributed by atoms with van der Waals surface area (Å²) in [5.41, 5.74) is 2.15. The first-order chi connectivity index (χ1) is 12.8. The van der Waals surface area contributed by atoms with Gasteiger partial charge in [0.2, 0.25) is 0 Å². The maximum Gasteiger partial charge on any atom is 0.141 e. The third kappa shape index (κ3) is 4.05. The van der Waals surface area contributed by atoms with E-state index in [0.29, 0.717) is 0 Å². The van der Waals surface area contributed by atoms with E-state index in [1.165, 1.54) is 0 Å². The molecule has 1 atom stereocenters. The van der Waals surface area contributed by atoms with Crippen molar-refractivity contribution < 1.29 is 0 Å². The van der Waals surface area contributed by atoms with Crippen LogP contribution in [0.3, 0.4) is 0 Å². The lowest BCUT2D eigenvalue weighted by Gasteiger charge is -2.08. The minimum atomic E-state index is -0.192. The fourth-order valence-electron chi connectivity index (χ4n) is 2.52. The number of nitrogens with one attached hydrogen (secondary N) is 1. The number of benzene rings is 2. The molecule has 0 fully saturated rings. The number of imidazole rings is 2. The summed E-state index contributed by atoms with van der Waals surface area (Å²) in [5, 5.41) is 8.88. The second-order valence-corrected chi connectivity index (χ2v) is 5.63. The first kappa shape index (κ1) is 17.2. The van der Waals surface area contributed by atoms with E-state index in [1.807, 2.05) is 84.5 Å². The van der Waals surface area contributed by atoms with Crippen molar-refractivity contribution in [1.29, 1.82) is 5.26 Å². The average Bonchev–Trinajstić information content (AvgIpc) is 3.41. The standard InChI is InChI=1S/C12H11N3.C9H8N2/c1-10(9-13)15-8-7-14-12(15)11-5-3-2-4-6-11;1-2-4-8(5-3-1)9-10-6-7-11-9/h2-8,10H,1H3;1-7H,(H,10,11). The minimum Gasteiger partial charge on any atom is -0.345 e. The number of hydrogen-bond donors (Lipinski definition) is 1. The Labute approximate surface area is 152 Å². The summed E-state index contributed by atoms with van der Waals surface area (Å²) in [6.45, 7) is 1.86. The van der Waals surface area contributed by atoms with Gasteiger partial charge in [-0.25, -0.2) is 9.97 Å². The molecule has 5 nitrogen and oxygen atoms in total. The van der Waals surface area contributed by atoms with Gasteiger partial charge in [-0.3, -0.25) is 0 Å². The third-order valence-electron chi connectivity index (χ3n) is 3.85. The highest BCUT2D eigenvalue weighted by atomic mass is 15.1. The summed E-state index contributed by atoms with van der Waals surface area (Å²) >= 11 is 0. The number of rotatable bonds is 3. The third-order valence-corrected chi connectivity index (χ3v) is 3.85. The molecule has 4 aromatic rings. The zero-order valence-corrected chi connectivity index (χ0v) is 14.4. The summed E-state index contributed by atoms with van der Waals surface area (Å²) in [5.74, 6) is 1.76. The van der Waals surface area contributed by atoms with E-state index in [4.69, 9.17) is 5.26 Å². The van der Waals surface area contributed by atoms with Gasteiger partial charge in [0.25, 0.3) is 0 Å². The summed E-state index contributed by atoms with van der Waals surface area (Å²) in [6.07, 6.45) is 7.12. The van der Waals surface area contributed by atoms with E-state index in [1.54, 1.807) is 12.4 Å². The van der Waals surface area contributed by atoms with Crippen molar-refractivity contribution in [3.63, 3.8) is 0 Å². The number of hydrogen-bond acceptors (Lipinski definition) is 3. The normalized spacial score (nSPS) is 11.1. The zero-order chi connectivity index (χ0) is 18.2. The van der Waals surface area contributed by atoms with E-state index in [2.05, 4.69) is 21.0 Å². The SMILES string of the molecule is CC(C#N)n1ccnc1-c1ccccc1.c1ccc(-c2ncc[nH]2)cc1. The molecule has 1 unspecified atom stereocenters. The van der Waals surface area contributed by atoms with Crippen LogP contribution in [0.2, 0.25) is 0 Å². The van der Waals surface area contributed by atoms with Gasteiger partial charge in [0.1, 0.15) is 17.7 Å². The van der Waals surface area contributed by atoms with Crippen molar-refractivity contribution in [1.82, 2.24) is 19.5 Å². The van der Waals surface area contributed by atoms with Crippen molar-refractivity contribution in [2.75, 3.05) is 0 Å². The average molecular weight is 341 g/mol. The van der Waals surface area contributed by atoms with Crippen molar-refractivity contribution >= 4 is 0 Å². The van der Waals surface area contributed by atoms with Crippen LogP contribution in [0.4, 0.5) is 0 Å². The van der Waals surface area contributed by atoms with Gasteiger partial charge in [0, 0.05) is 35.9 Å². The smallest absolute Gasteiger partial charge is 0.141 e. The van der Waals surface area contributed by atoms with Crippen LogP contribution in [0.5, 0.6) is 0 Å². The Morgan fingerprint density at radius 1 is 0.923 bits per heavy atom. The van der Waals surface area contributed by atoms with Crippen LogP contribution < -0.4 is 0 Å². The molecule has 0 aliphatic carbocycles. The molecule has 0 amide bonds. The zero-order valence-electron chi connectivity index (χ0n) is 14.4. The Balaban J connectivity index is 0.000000158. The first-order valence-electron chi connectivity index (χ1n) is 8.32. The molecule has 0 aliphatic rings. The summed E-state index contributed by atoms with van der Waals surface area (Å²) in [4.78, 5) is 11.4. The number of nitriles is 1. The lowest BCUT2D eigenvalue weighted by Crippen LogP contribution is -2.03. The molecular formula is C21H19N5. The Hall–Kier alpha value is -3.65. The van der Waals surface area contributed by atoms with Gasteiger partial charge >= 0.3 is 0 Å². The molecule has 128 valence electrons. The molecule has 0 saturated heterocycles. The van der Waals surface area contributed by atoms with Crippen molar-refractivity contribution in [2.24, 2.45) is 0 Å². The molecular weight excluding hydrogens is 322 g/mol. The number of aromatic nitrogens is 4. The maximum absolute atomic E-state index is 8.88. The summed E-state index contributed by atoms with van der Waals surface area (Å²) in [7, 11) is 0. The Kier molecular flexibility index (Phi) is 5.58. The molecule has 5 heteroatoms. The number of aromatic amines is 1. The maximum atomic E-state index is 8.88. The van der Waals surface area contributed by atoms with Gasteiger partial charge in [-0.2, -0.15) is 5.26 Å². The quantitative estimate of drug-likeness (QED) is 0.586. The van der Waals surface area contributed by atoms with Crippen LogP contribution in [0.1, 0.15) is 13.0 Å². The number of nitrogens with zero attached hydrogens (tertiary/aromatic N) is 4. The van der Waals surface area contributed by atoms with Gasteiger partial charge in [-0.1, -0.05) is 60.7 Å². The second kappa shape index (κ2) is 8.45. The molecule has 0 saturated carbocycles. The summed E-state index contributed by atoms with van der Waals surface area (Å²) < 4.78 is 1.87. The molecule has 0 spiro atoms. The van der Waals surface area contributed by atoms with E-state index in [9.17, 15) is 0 Å². The topological polar surface area (TPSA) is 70.3 Å². The highest BCUT2D eigenvalue weighted by molar-refractivity contribution is 5.55. The second-order valence-electron chi connectivity index (χ2n) is 5.63. The van der Waals surface area contributed by atoms with Gasteiger partial charge in [0.15, 0.2) is 0 Å². The first-order valence-corrected chi connectivity index (χ1v) is 8.32. The molecule has 0 radical (unpaired) electrons. The minimum absolute atomic E-state index is 0.192. The Bertz CT molecular complexity index is 951. The fourth-order valence-corrected chi connectivity index (χ4v) is 2.52. The van der Waals surface area contributed by atoms with Crippen LogP contribution in [-0.4, -0.2) is 19.5 Å². The van der Waals surface area contributed by atoms with Crippen molar-refractivity contribution in [2.45, 2.75) is 13.0 Å². The van der Waals surface area contributed by atoms with Crippen LogP contribution in [0.25, 0.3) is 22.8 Å². The summed E-state index contributed by atoms with van der Waals surface area (Å²) in [6, 6.07) is 21.9. The molecule has 0 bridgehead atoms. The Morgan fingerprint density at radius 3 is 2.15 bits per heavy atom. The molecule has 1 N–H and O–H groups in total. The van der Waals surface area contributed by atoms with E-state index >= 15 is 0 Å². The van der Waals surface area contributed by atoms with Gasteiger partial charge in [-0.15, -0.1) is 0 Å². The van der Waals surface area contributed by atoms with Gasteiger partial charge in [0.05, 0.1) is 6.07 Å². The van der Waals surface area contributed by atoms with Crippen LogP contribution in [0, 0.1) is 11.3 Å². The van der Waals surface area contributed by atoms with E-state index < -0.39 is 0 Å². The molecule has 2 heterocycles. The van der Waals surface area contributed by atoms with Crippen molar-refractivity contribution in [3.8, 4) is 28.8 Å². The lowest BCUT2D eigenvalue weighted by molar-refractivity contribution is 0.680. The van der Waals surface area contributed by atoms with Crippen LogP contribution in [0.15, 0.2) is 85.5 Å².